The average Bonchev–Trinajstić information content (AvgIpc) is 2.30. The van der Waals surface area contributed by atoms with Gasteiger partial charge in [0.2, 0.25) is 0 Å². The van der Waals surface area contributed by atoms with Gasteiger partial charge in [0.05, 0.1) is 6.10 Å². The molecule has 0 bridgehead atoms. The first kappa shape index (κ1) is 12.2. The zero-order valence-corrected chi connectivity index (χ0v) is 9.73. The molecule has 0 aliphatic rings. The zero-order valence-electron chi connectivity index (χ0n) is 9.73. The molecule has 0 aromatic heterocycles. The summed E-state index contributed by atoms with van der Waals surface area (Å²) in [5.41, 5.74) is 2.19. The lowest BCUT2D eigenvalue weighted by Gasteiger charge is -2.20. The fourth-order valence-corrected chi connectivity index (χ4v) is 1.73. The number of aryl methyl sites for hydroxylation is 1. The van der Waals surface area contributed by atoms with Gasteiger partial charge < -0.3 is 9.84 Å². The largest absolute Gasteiger partial charge is 0.386 e. The molecule has 0 aliphatic heterocycles. The number of aliphatic hydroxyl groups is 1. The summed E-state index contributed by atoms with van der Waals surface area (Å²) < 4.78 is 5.24. The Kier molecular flexibility index (Phi) is 4.79. The molecule has 2 heteroatoms. The molecule has 84 valence electrons. The second-order valence-corrected chi connectivity index (χ2v) is 3.73. The number of benzene rings is 1. The van der Waals surface area contributed by atoms with Crippen molar-refractivity contribution in [3.8, 4) is 0 Å². The molecule has 0 saturated carbocycles. The van der Waals surface area contributed by atoms with Crippen LogP contribution in [0.5, 0.6) is 0 Å². The van der Waals surface area contributed by atoms with Crippen molar-refractivity contribution < 1.29 is 9.84 Å². The Balaban J connectivity index is 2.84. The number of hydrogen-bond acceptors (Lipinski definition) is 2. The normalized spacial score (nSPS) is 14.9. The van der Waals surface area contributed by atoms with Gasteiger partial charge in [-0.15, -0.1) is 0 Å². The second-order valence-electron chi connectivity index (χ2n) is 3.73. The maximum absolute atomic E-state index is 10.1. The van der Waals surface area contributed by atoms with Crippen molar-refractivity contribution in [2.24, 2.45) is 0 Å². The minimum Gasteiger partial charge on any atom is -0.386 e. The van der Waals surface area contributed by atoms with Gasteiger partial charge in [0.15, 0.2) is 0 Å². The molecular formula is C13H20O2. The third-order valence-corrected chi connectivity index (χ3v) is 2.76. The van der Waals surface area contributed by atoms with Crippen molar-refractivity contribution in [2.75, 3.05) is 7.11 Å². The highest BCUT2D eigenvalue weighted by molar-refractivity contribution is 5.25. The third kappa shape index (κ3) is 3.05. The average molecular weight is 208 g/mol. The highest BCUT2D eigenvalue weighted by Gasteiger charge is 2.18. The molecule has 1 rings (SSSR count). The minimum absolute atomic E-state index is 0.114. The van der Waals surface area contributed by atoms with E-state index in [0.717, 1.165) is 18.4 Å². The Morgan fingerprint density at radius 1 is 1.33 bits per heavy atom. The van der Waals surface area contributed by atoms with Crippen molar-refractivity contribution in [1.29, 1.82) is 0 Å². The lowest BCUT2D eigenvalue weighted by molar-refractivity contribution is -0.0149. The Hall–Kier alpha value is -0.860. The Labute approximate surface area is 91.9 Å². The standard InChI is InChI=1S/C13H20O2/c1-4-10-7-6-8-11(9-10)13(14)12(5-2)15-3/h6-9,12-14H,4-5H2,1-3H3. The monoisotopic (exact) mass is 208 g/mol. The number of ether oxygens (including phenoxy) is 1. The van der Waals surface area contributed by atoms with Gasteiger partial charge in [0, 0.05) is 7.11 Å². The molecular weight excluding hydrogens is 188 g/mol. The topological polar surface area (TPSA) is 29.5 Å². The predicted octanol–water partition coefficient (Wildman–Crippen LogP) is 2.71. The first-order valence-electron chi connectivity index (χ1n) is 5.52. The zero-order chi connectivity index (χ0) is 11.3. The Morgan fingerprint density at radius 2 is 2.07 bits per heavy atom. The van der Waals surface area contributed by atoms with Gasteiger partial charge in [-0.3, -0.25) is 0 Å². The van der Waals surface area contributed by atoms with Crippen LogP contribution in [0.1, 0.15) is 37.5 Å². The first-order chi connectivity index (χ1) is 7.22. The predicted molar refractivity (Wildman–Crippen MR) is 61.9 cm³/mol. The van der Waals surface area contributed by atoms with Crippen molar-refractivity contribution in [1.82, 2.24) is 0 Å². The summed E-state index contributed by atoms with van der Waals surface area (Å²) in [4.78, 5) is 0. The van der Waals surface area contributed by atoms with E-state index in [1.807, 2.05) is 25.1 Å². The van der Waals surface area contributed by atoms with Crippen LogP contribution in [0.25, 0.3) is 0 Å². The summed E-state index contributed by atoms with van der Waals surface area (Å²) in [5.74, 6) is 0. The van der Waals surface area contributed by atoms with Crippen LogP contribution in [0.15, 0.2) is 24.3 Å². The molecule has 1 N–H and O–H groups in total. The molecule has 2 nitrogen and oxygen atoms in total. The molecule has 0 heterocycles. The fraction of sp³-hybridized carbons (Fsp3) is 0.538. The first-order valence-corrected chi connectivity index (χ1v) is 5.52. The third-order valence-electron chi connectivity index (χ3n) is 2.76. The van der Waals surface area contributed by atoms with Crippen LogP contribution in [-0.4, -0.2) is 18.3 Å². The summed E-state index contributed by atoms with van der Waals surface area (Å²) in [6.45, 7) is 4.13. The molecule has 0 amide bonds. The van der Waals surface area contributed by atoms with E-state index in [0.29, 0.717) is 0 Å². The number of methoxy groups -OCH3 is 1. The fourth-order valence-electron chi connectivity index (χ4n) is 1.73. The highest BCUT2D eigenvalue weighted by atomic mass is 16.5. The van der Waals surface area contributed by atoms with Crippen LogP contribution in [0, 0.1) is 0 Å². The quantitative estimate of drug-likeness (QED) is 0.806. The molecule has 0 spiro atoms. The maximum atomic E-state index is 10.1. The van der Waals surface area contributed by atoms with E-state index in [9.17, 15) is 5.11 Å². The summed E-state index contributed by atoms with van der Waals surface area (Å²) in [6.07, 6.45) is 1.17. The molecule has 2 unspecified atom stereocenters. The molecule has 2 atom stereocenters. The molecule has 1 aromatic carbocycles. The molecule has 15 heavy (non-hydrogen) atoms. The molecule has 0 fully saturated rings. The Morgan fingerprint density at radius 3 is 2.60 bits per heavy atom. The van der Waals surface area contributed by atoms with E-state index >= 15 is 0 Å². The number of aliphatic hydroxyl groups excluding tert-OH is 1. The van der Waals surface area contributed by atoms with E-state index in [4.69, 9.17) is 4.74 Å². The molecule has 0 radical (unpaired) electrons. The van der Waals surface area contributed by atoms with Crippen LogP contribution in [-0.2, 0) is 11.2 Å². The SMILES string of the molecule is CCc1cccc(C(O)C(CC)OC)c1. The van der Waals surface area contributed by atoms with Crippen LogP contribution < -0.4 is 0 Å². The second kappa shape index (κ2) is 5.89. The summed E-state index contributed by atoms with van der Waals surface area (Å²) in [5, 5.41) is 10.1. The van der Waals surface area contributed by atoms with E-state index in [1.165, 1.54) is 5.56 Å². The van der Waals surface area contributed by atoms with E-state index in [-0.39, 0.29) is 6.10 Å². The number of hydrogen-bond donors (Lipinski definition) is 1. The van der Waals surface area contributed by atoms with E-state index < -0.39 is 6.10 Å². The van der Waals surface area contributed by atoms with Gasteiger partial charge in [-0.1, -0.05) is 38.1 Å². The van der Waals surface area contributed by atoms with Crippen LogP contribution in [0.4, 0.5) is 0 Å². The molecule has 0 saturated heterocycles. The van der Waals surface area contributed by atoms with E-state index in [2.05, 4.69) is 13.0 Å². The van der Waals surface area contributed by atoms with Crippen LogP contribution in [0.2, 0.25) is 0 Å². The van der Waals surface area contributed by atoms with Crippen molar-refractivity contribution in [2.45, 2.75) is 38.9 Å². The summed E-state index contributed by atoms with van der Waals surface area (Å²) in [7, 11) is 1.64. The summed E-state index contributed by atoms with van der Waals surface area (Å²) >= 11 is 0. The van der Waals surface area contributed by atoms with Crippen LogP contribution >= 0.6 is 0 Å². The van der Waals surface area contributed by atoms with E-state index in [1.54, 1.807) is 7.11 Å². The van der Waals surface area contributed by atoms with Gasteiger partial charge in [0.1, 0.15) is 6.10 Å². The van der Waals surface area contributed by atoms with Crippen molar-refractivity contribution >= 4 is 0 Å². The summed E-state index contributed by atoms with van der Waals surface area (Å²) in [6, 6.07) is 8.06. The molecule has 0 aliphatic carbocycles. The van der Waals surface area contributed by atoms with Gasteiger partial charge in [0.25, 0.3) is 0 Å². The smallest absolute Gasteiger partial charge is 0.105 e. The molecule has 1 aromatic rings. The lowest BCUT2D eigenvalue weighted by Crippen LogP contribution is -2.19. The highest BCUT2D eigenvalue weighted by Crippen LogP contribution is 2.21. The van der Waals surface area contributed by atoms with Crippen LogP contribution in [0.3, 0.4) is 0 Å². The Bertz CT molecular complexity index is 292. The van der Waals surface area contributed by atoms with Gasteiger partial charge in [-0.2, -0.15) is 0 Å². The lowest BCUT2D eigenvalue weighted by atomic mass is 10.00. The number of rotatable bonds is 5. The van der Waals surface area contributed by atoms with Crippen molar-refractivity contribution in [3.63, 3.8) is 0 Å². The maximum Gasteiger partial charge on any atom is 0.105 e. The minimum atomic E-state index is -0.522. The van der Waals surface area contributed by atoms with Gasteiger partial charge >= 0.3 is 0 Å². The van der Waals surface area contributed by atoms with Gasteiger partial charge in [-0.05, 0) is 24.0 Å². The van der Waals surface area contributed by atoms with Gasteiger partial charge in [-0.25, -0.2) is 0 Å². The van der Waals surface area contributed by atoms with Crippen molar-refractivity contribution in [3.05, 3.63) is 35.4 Å².